The third-order valence-electron chi connectivity index (χ3n) is 1.59. The second kappa shape index (κ2) is 2.60. The number of pyridine rings is 1. The van der Waals surface area contributed by atoms with Gasteiger partial charge in [0.2, 0.25) is 5.28 Å². The first-order valence-corrected chi connectivity index (χ1v) is 3.82. The number of rotatable bonds is 1. The molecule has 0 saturated heterocycles. The molecule has 0 aromatic carbocycles. The summed E-state index contributed by atoms with van der Waals surface area (Å²) in [6.45, 7) is 3.67. The maximum atomic E-state index is 5.63. The highest BCUT2D eigenvalue weighted by Gasteiger charge is 2.02. The molecule has 2 aromatic rings. The molecule has 2 heterocycles. The quantitative estimate of drug-likeness (QED) is 0.671. The van der Waals surface area contributed by atoms with Gasteiger partial charge < -0.3 is 0 Å². The number of halogens is 1. The Morgan fingerprint density at radius 2 is 2.42 bits per heavy atom. The standard InChI is InChI=1S/C8H6ClN3/c1-2-6-4-3-5-12-7(6)10-8(9)11-12/h2-5H,1H2. The Balaban J connectivity index is 2.86. The normalized spacial score (nSPS) is 10.4. The summed E-state index contributed by atoms with van der Waals surface area (Å²) in [5.74, 6) is 0. The minimum absolute atomic E-state index is 0.254. The Hall–Kier alpha value is -1.35. The maximum Gasteiger partial charge on any atom is 0.243 e. The Labute approximate surface area is 74.3 Å². The van der Waals surface area contributed by atoms with E-state index in [1.54, 1.807) is 16.8 Å². The predicted octanol–water partition coefficient (Wildman–Crippen LogP) is 2.03. The van der Waals surface area contributed by atoms with Crippen LogP contribution in [0.2, 0.25) is 5.28 Å². The van der Waals surface area contributed by atoms with E-state index in [-0.39, 0.29) is 5.28 Å². The van der Waals surface area contributed by atoms with Crippen molar-refractivity contribution >= 4 is 23.3 Å². The topological polar surface area (TPSA) is 30.2 Å². The molecular weight excluding hydrogens is 174 g/mol. The lowest BCUT2D eigenvalue weighted by atomic mass is 10.3. The molecule has 0 spiro atoms. The summed E-state index contributed by atoms with van der Waals surface area (Å²) in [5, 5.41) is 4.20. The summed E-state index contributed by atoms with van der Waals surface area (Å²) >= 11 is 5.63. The van der Waals surface area contributed by atoms with Crippen LogP contribution in [0.3, 0.4) is 0 Å². The zero-order valence-corrected chi connectivity index (χ0v) is 6.99. The van der Waals surface area contributed by atoms with Crippen molar-refractivity contribution in [3.05, 3.63) is 35.8 Å². The van der Waals surface area contributed by atoms with E-state index in [1.807, 2.05) is 12.1 Å². The third-order valence-corrected chi connectivity index (χ3v) is 1.75. The number of nitrogens with zero attached hydrogens (tertiary/aromatic N) is 3. The largest absolute Gasteiger partial charge is 0.243 e. The zero-order chi connectivity index (χ0) is 8.55. The van der Waals surface area contributed by atoms with Gasteiger partial charge in [-0.2, -0.15) is 4.98 Å². The molecule has 0 saturated carbocycles. The van der Waals surface area contributed by atoms with Crippen LogP contribution in [0.1, 0.15) is 5.56 Å². The Morgan fingerprint density at radius 3 is 3.17 bits per heavy atom. The van der Waals surface area contributed by atoms with Gasteiger partial charge in [-0.3, -0.25) is 0 Å². The first-order valence-electron chi connectivity index (χ1n) is 3.44. The molecule has 0 unspecified atom stereocenters. The summed E-state index contributed by atoms with van der Waals surface area (Å²) in [6, 6.07) is 3.78. The number of hydrogen-bond donors (Lipinski definition) is 0. The second-order valence-corrected chi connectivity index (χ2v) is 2.65. The van der Waals surface area contributed by atoms with Crippen LogP contribution in [0, 0.1) is 0 Å². The van der Waals surface area contributed by atoms with E-state index in [9.17, 15) is 0 Å². The third kappa shape index (κ3) is 0.987. The van der Waals surface area contributed by atoms with Gasteiger partial charge in [-0.15, -0.1) is 5.10 Å². The molecule has 0 atom stereocenters. The first kappa shape index (κ1) is 7.31. The molecule has 3 nitrogen and oxygen atoms in total. The van der Waals surface area contributed by atoms with Crippen LogP contribution in [-0.2, 0) is 0 Å². The monoisotopic (exact) mass is 179 g/mol. The van der Waals surface area contributed by atoms with Crippen LogP contribution in [0.25, 0.3) is 11.7 Å². The molecule has 0 aliphatic heterocycles. The van der Waals surface area contributed by atoms with E-state index in [4.69, 9.17) is 11.6 Å². The maximum absolute atomic E-state index is 5.63. The van der Waals surface area contributed by atoms with Gasteiger partial charge in [0.15, 0.2) is 5.65 Å². The van der Waals surface area contributed by atoms with Crippen molar-refractivity contribution in [1.29, 1.82) is 0 Å². The average molecular weight is 180 g/mol. The molecule has 0 bridgehead atoms. The summed E-state index contributed by atoms with van der Waals surface area (Å²) in [7, 11) is 0. The molecule has 2 aromatic heterocycles. The SMILES string of the molecule is C=Cc1cccn2nc(Cl)nc12. The molecule has 0 aliphatic carbocycles. The summed E-state index contributed by atoms with van der Waals surface area (Å²) < 4.78 is 1.62. The fourth-order valence-electron chi connectivity index (χ4n) is 1.06. The lowest BCUT2D eigenvalue weighted by Gasteiger charge is -1.93. The van der Waals surface area contributed by atoms with Crippen LogP contribution in [0.4, 0.5) is 0 Å². The van der Waals surface area contributed by atoms with Crippen molar-refractivity contribution in [1.82, 2.24) is 14.6 Å². The highest BCUT2D eigenvalue weighted by Crippen LogP contribution is 2.11. The molecule has 0 amide bonds. The van der Waals surface area contributed by atoms with Crippen LogP contribution in [-0.4, -0.2) is 14.6 Å². The highest BCUT2D eigenvalue weighted by molar-refractivity contribution is 6.28. The molecule has 0 fully saturated rings. The smallest absolute Gasteiger partial charge is 0.219 e. The summed E-state index contributed by atoms with van der Waals surface area (Å²) in [4.78, 5) is 4.03. The van der Waals surface area contributed by atoms with E-state index in [1.165, 1.54) is 0 Å². The fourth-order valence-corrected chi connectivity index (χ4v) is 1.22. The van der Waals surface area contributed by atoms with Crippen molar-refractivity contribution in [2.24, 2.45) is 0 Å². The number of hydrogen-bond acceptors (Lipinski definition) is 2. The second-order valence-electron chi connectivity index (χ2n) is 2.32. The Morgan fingerprint density at radius 1 is 1.58 bits per heavy atom. The Kier molecular flexibility index (Phi) is 1.59. The average Bonchev–Trinajstić information content (AvgIpc) is 2.44. The molecule has 12 heavy (non-hydrogen) atoms. The van der Waals surface area contributed by atoms with Gasteiger partial charge in [0, 0.05) is 11.8 Å². The van der Waals surface area contributed by atoms with Crippen molar-refractivity contribution in [2.45, 2.75) is 0 Å². The fraction of sp³-hybridized carbons (Fsp3) is 0. The van der Waals surface area contributed by atoms with Crippen molar-refractivity contribution < 1.29 is 0 Å². The van der Waals surface area contributed by atoms with Gasteiger partial charge >= 0.3 is 0 Å². The van der Waals surface area contributed by atoms with Crippen molar-refractivity contribution in [3.8, 4) is 0 Å². The molecule has 0 N–H and O–H groups in total. The predicted molar refractivity (Wildman–Crippen MR) is 48.1 cm³/mol. The molecule has 4 heteroatoms. The highest BCUT2D eigenvalue weighted by atomic mass is 35.5. The lowest BCUT2D eigenvalue weighted by Crippen LogP contribution is -1.87. The van der Waals surface area contributed by atoms with Crippen LogP contribution in [0.5, 0.6) is 0 Å². The summed E-state index contributed by atoms with van der Waals surface area (Å²) in [6.07, 6.45) is 3.52. The van der Waals surface area contributed by atoms with Gasteiger partial charge in [-0.05, 0) is 23.7 Å². The molecule has 60 valence electrons. The van der Waals surface area contributed by atoms with E-state index >= 15 is 0 Å². The van der Waals surface area contributed by atoms with Gasteiger partial charge in [0.25, 0.3) is 0 Å². The van der Waals surface area contributed by atoms with E-state index in [0.717, 1.165) is 11.2 Å². The summed E-state index contributed by atoms with van der Waals surface area (Å²) in [5.41, 5.74) is 1.66. The van der Waals surface area contributed by atoms with Gasteiger partial charge in [-0.1, -0.05) is 12.7 Å². The number of fused-ring (bicyclic) bond motifs is 1. The molecule has 0 radical (unpaired) electrons. The van der Waals surface area contributed by atoms with Crippen LogP contribution < -0.4 is 0 Å². The van der Waals surface area contributed by atoms with Crippen LogP contribution in [0.15, 0.2) is 24.9 Å². The van der Waals surface area contributed by atoms with Gasteiger partial charge in [-0.25, -0.2) is 4.52 Å². The molecule has 2 rings (SSSR count). The van der Waals surface area contributed by atoms with E-state index in [0.29, 0.717) is 0 Å². The van der Waals surface area contributed by atoms with Crippen LogP contribution >= 0.6 is 11.6 Å². The van der Waals surface area contributed by atoms with Crippen molar-refractivity contribution in [2.75, 3.05) is 0 Å². The number of aromatic nitrogens is 3. The zero-order valence-electron chi connectivity index (χ0n) is 6.24. The van der Waals surface area contributed by atoms with Gasteiger partial charge in [0.1, 0.15) is 0 Å². The molecular formula is C8H6ClN3. The van der Waals surface area contributed by atoms with E-state index in [2.05, 4.69) is 16.7 Å². The minimum Gasteiger partial charge on any atom is -0.219 e. The molecule has 0 aliphatic rings. The van der Waals surface area contributed by atoms with E-state index < -0.39 is 0 Å². The lowest BCUT2D eigenvalue weighted by molar-refractivity contribution is 0.960. The van der Waals surface area contributed by atoms with Crippen molar-refractivity contribution in [3.63, 3.8) is 0 Å². The Bertz CT molecular complexity index is 433. The first-order chi connectivity index (χ1) is 5.81. The van der Waals surface area contributed by atoms with Gasteiger partial charge in [0.05, 0.1) is 0 Å². The minimum atomic E-state index is 0.254.